The minimum Gasteiger partial charge on any atom is -0.445 e. The van der Waals surface area contributed by atoms with Crippen LogP contribution in [0.5, 0.6) is 5.75 Å². The van der Waals surface area contributed by atoms with E-state index in [4.69, 9.17) is 13.9 Å². The molecule has 0 unspecified atom stereocenters. The predicted molar refractivity (Wildman–Crippen MR) is 124 cm³/mol. The van der Waals surface area contributed by atoms with E-state index >= 15 is 0 Å². The van der Waals surface area contributed by atoms with Crippen molar-refractivity contribution in [2.24, 2.45) is 0 Å². The van der Waals surface area contributed by atoms with Gasteiger partial charge in [0.2, 0.25) is 0 Å². The number of fused-ring (bicyclic) bond motifs is 3. The van der Waals surface area contributed by atoms with Gasteiger partial charge in [0.05, 0.1) is 5.39 Å². The van der Waals surface area contributed by atoms with Gasteiger partial charge in [-0.25, -0.2) is 14.4 Å². The molecule has 7 nitrogen and oxygen atoms in total. The summed E-state index contributed by atoms with van der Waals surface area (Å²) in [4.78, 5) is 37.2. The molecule has 1 amide bonds. The van der Waals surface area contributed by atoms with Crippen LogP contribution in [0.4, 0.5) is 4.79 Å². The third kappa shape index (κ3) is 5.20. The maximum Gasteiger partial charge on any atom is 0.408 e. The average Bonchev–Trinajstić information content (AvgIpc) is 2.83. The van der Waals surface area contributed by atoms with Gasteiger partial charge in [0, 0.05) is 11.5 Å². The number of amides is 1. The molecule has 0 spiro atoms. The topological polar surface area (TPSA) is 94.8 Å². The van der Waals surface area contributed by atoms with Crippen LogP contribution >= 0.6 is 0 Å². The zero-order valence-electron chi connectivity index (χ0n) is 18.1. The Kier molecular flexibility index (Phi) is 6.69. The van der Waals surface area contributed by atoms with Crippen molar-refractivity contribution in [3.63, 3.8) is 0 Å². The highest BCUT2D eigenvalue weighted by Gasteiger charge is 2.23. The number of hydrogen-bond acceptors (Lipinski definition) is 6. The van der Waals surface area contributed by atoms with Crippen molar-refractivity contribution in [1.29, 1.82) is 0 Å². The van der Waals surface area contributed by atoms with Crippen LogP contribution in [-0.2, 0) is 16.1 Å². The van der Waals surface area contributed by atoms with E-state index in [2.05, 4.69) is 5.32 Å². The molecular formula is C26H23NO6. The Bertz CT molecular complexity index is 1350. The SMILES string of the molecule is CCC[C@H](NC(=O)OCc1ccccc1)C(=O)Oc1ccc2c(c1)oc(=O)c1ccccc12. The third-order valence-electron chi connectivity index (χ3n) is 5.18. The van der Waals surface area contributed by atoms with E-state index in [-0.39, 0.29) is 12.4 Å². The largest absolute Gasteiger partial charge is 0.445 e. The fourth-order valence-corrected chi connectivity index (χ4v) is 3.56. The van der Waals surface area contributed by atoms with E-state index in [1.165, 1.54) is 6.07 Å². The van der Waals surface area contributed by atoms with Gasteiger partial charge in [-0.1, -0.05) is 61.9 Å². The lowest BCUT2D eigenvalue weighted by Gasteiger charge is -2.17. The van der Waals surface area contributed by atoms with Gasteiger partial charge in [-0.2, -0.15) is 0 Å². The fraction of sp³-hybridized carbons (Fsp3) is 0.192. The Labute approximate surface area is 189 Å². The van der Waals surface area contributed by atoms with Gasteiger partial charge in [-0.3, -0.25) is 0 Å². The highest BCUT2D eigenvalue weighted by Crippen LogP contribution is 2.26. The number of benzene rings is 3. The zero-order valence-corrected chi connectivity index (χ0v) is 18.1. The van der Waals surface area contributed by atoms with E-state index in [0.717, 1.165) is 16.3 Å². The van der Waals surface area contributed by atoms with E-state index in [9.17, 15) is 14.4 Å². The number of carbonyl (C=O) groups is 2. The first-order chi connectivity index (χ1) is 16.0. The molecule has 33 heavy (non-hydrogen) atoms. The van der Waals surface area contributed by atoms with Crippen LogP contribution in [0, 0.1) is 0 Å². The van der Waals surface area contributed by atoms with Crippen LogP contribution in [0.3, 0.4) is 0 Å². The maximum atomic E-state index is 12.7. The Morgan fingerprint density at radius 2 is 1.67 bits per heavy atom. The summed E-state index contributed by atoms with van der Waals surface area (Å²) in [7, 11) is 0. The lowest BCUT2D eigenvalue weighted by atomic mass is 10.1. The molecule has 0 aliphatic carbocycles. The number of carbonyl (C=O) groups excluding carboxylic acids is 2. The number of alkyl carbamates (subject to hydrolysis) is 1. The van der Waals surface area contributed by atoms with Crippen LogP contribution in [0.25, 0.3) is 21.7 Å². The number of esters is 1. The van der Waals surface area contributed by atoms with Gasteiger partial charge in [-0.05, 0) is 35.6 Å². The second-order valence-corrected chi connectivity index (χ2v) is 7.56. The first-order valence-electron chi connectivity index (χ1n) is 10.7. The van der Waals surface area contributed by atoms with Gasteiger partial charge < -0.3 is 19.2 Å². The zero-order chi connectivity index (χ0) is 23.2. The predicted octanol–water partition coefficient (Wildman–Crippen LogP) is 4.95. The van der Waals surface area contributed by atoms with E-state index in [1.54, 1.807) is 24.3 Å². The van der Waals surface area contributed by atoms with Crippen LogP contribution < -0.4 is 15.7 Å². The molecule has 0 fully saturated rings. The molecule has 0 saturated carbocycles. The second kappa shape index (κ2) is 9.99. The van der Waals surface area contributed by atoms with Gasteiger partial charge in [0.15, 0.2) is 0 Å². The molecular weight excluding hydrogens is 422 g/mol. The third-order valence-corrected chi connectivity index (χ3v) is 5.18. The van der Waals surface area contributed by atoms with E-state index in [1.807, 2.05) is 49.4 Å². The fourth-order valence-electron chi connectivity index (χ4n) is 3.56. The summed E-state index contributed by atoms with van der Waals surface area (Å²) in [6.45, 7) is 1.99. The molecule has 1 heterocycles. The monoisotopic (exact) mass is 445 g/mol. The number of nitrogens with one attached hydrogen (secondary N) is 1. The summed E-state index contributed by atoms with van der Waals surface area (Å²) in [6.07, 6.45) is 0.328. The lowest BCUT2D eigenvalue weighted by molar-refractivity contribution is -0.136. The van der Waals surface area contributed by atoms with Crippen LogP contribution in [0.2, 0.25) is 0 Å². The van der Waals surface area contributed by atoms with E-state index in [0.29, 0.717) is 23.8 Å². The Morgan fingerprint density at radius 3 is 2.42 bits per heavy atom. The summed E-state index contributed by atoms with van der Waals surface area (Å²) in [6, 6.07) is 20.4. The van der Waals surface area contributed by atoms with Gasteiger partial charge >= 0.3 is 17.7 Å². The van der Waals surface area contributed by atoms with Gasteiger partial charge in [0.1, 0.15) is 24.0 Å². The maximum absolute atomic E-state index is 12.7. The van der Waals surface area contributed by atoms with Crippen molar-refractivity contribution in [2.45, 2.75) is 32.4 Å². The molecule has 1 atom stereocenters. The summed E-state index contributed by atoms with van der Waals surface area (Å²) >= 11 is 0. The summed E-state index contributed by atoms with van der Waals surface area (Å²) in [5, 5.41) is 4.54. The average molecular weight is 445 g/mol. The Hall–Kier alpha value is -4.13. The normalized spacial score (nSPS) is 11.8. The smallest absolute Gasteiger partial charge is 0.408 e. The van der Waals surface area contributed by atoms with Crippen molar-refractivity contribution >= 4 is 33.8 Å². The van der Waals surface area contributed by atoms with Crippen molar-refractivity contribution in [3.05, 3.63) is 88.8 Å². The van der Waals surface area contributed by atoms with Crippen LogP contribution in [0.1, 0.15) is 25.3 Å². The number of hydrogen-bond donors (Lipinski definition) is 1. The summed E-state index contributed by atoms with van der Waals surface area (Å²) in [5.41, 5.74) is 0.687. The second-order valence-electron chi connectivity index (χ2n) is 7.56. The molecule has 4 aromatic rings. The van der Waals surface area contributed by atoms with Crippen LogP contribution in [0.15, 0.2) is 82.0 Å². The minimum absolute atomic E-state index is 0.0955. The highest BCUT2D eigenvalue weighted by molar-refractivity contribution is 6.04. The molecule has 4 rings (SSSR count). The molecule has 1 aromatic heterocycles. The molecule has 0 aliphatic heterocycles. The van der Waals surface area contributed by atoms with Gasteiger partial charge in [0.25, 0.3) is 0 Å². The number of ether oxygens (including phenoxy) is 2. The summed E-state index contributed by atoms with van der Waals surface area (Å²) < 4.78 is 16.1. The molecule has 3 aromatic carbocycles. The molecule has 0 saturated heterocycles. The highest BCUT2D eigenvalue weighted by atomic mass is 16.6. The van der Waals surface area contributed by atoms with Crippen molar-refractivity contribution in [3.8, 4) is 5.75 Å². The quantitative estimate of drug-likeness (QED) is 0.187. The molecule has 0 radical (unpaired) electrons. The molecule has 1 N–H and O–H groups in total. The van der Waals surface area contributed by atoms with Crippen LogP contribution in [-0.4, -0.2) is 18.1 Å². The standard InChI is InChI=1S/C26H23NO6/c1-2-8-22(27-26(30)31-16-17-9-4-3-5-10-17)25(29)32-18-13-14-20-19-11-6-7-12-21(19)24(28)33-23(20)15-18/h3-7,9-15,22H,2,8,16H2,1H3,(H,27,30)/t22-/m0/s1. The van der Waals surface area contributed by atoms with E-state index < -0.39 is 23.7 Å². The summed E-state index contributed by atoms with van der Waals surface area (Å²) in [5.74, 6) is -0.414. The van der Waals surface area contributed by atoms with Crippen molar-refractivity contribution < 1.29 is 23.5 Å². The number of rotatable bonds is 7. The Morgan fingerprint density at radius 1 is 0.939 bits per heavy atom. The molecule has 7 heteroatoms. The molecule has 0 bridgehead atoms. The first-order valence-corrected chi connectivity index (χ1v) is 10.7. The first kappa shape index (κ1) is 22.1. The van der Waals surface area contributed by atoms with Crippen molar-refractivity contribution in [2.75, 3.05) is 0 Å². The molecule has 168 valence electrons. The Balaban J connectivity index is 1.46. The molecule has 0 aliphatic rings. The minimum atomic E-state index is -0.877. The van der Waals surface area contributed by atoms with Gasteiger partial charge in [-0.15, -0.1) is 0 Å². The lowest BCUT2D eigenvalue weighted by Crippen LogP contribution is -2.43. The van der Waals surface area contributed by atoms with Crippen molar-refractivity contribution in [1.82, 2.24) is 5.32 Å².